The van der Waals surface area contributed by atoms with Crippen molar-refractivity contribution in [3.63, 3.8) is 0 Å². The van der Waals surface area contributed by atoms with Crippen LogP contribution in [0.25, 0.3) is 22.5 Å². The fraction of sp³-hybridized carbons (Fsp3) is 0.211. The van der Waals surface area contributed by atoms with E-state index in [1.165, 1.54) is 0 Å². The summed E-state index contributed by atoms with van der Waals surface area (Å²) in [5, 5.41) is 7.47. The Kier molecular flexibility index (Phi) is 5.13. The molecule has 5 nitrogen and oxygen atoms in total. The van der Waals surface area contributed by atoms with Gasteiger partial charge >= 0.3 is 0 Å². The molecular weight excluding hydrogens is 302 g/mol. The number of aromatic amines is 1. The normalized spacial score (nSPS) is 10.7. The maximum absolute atomic E-state index is 5.73. The van der Waals surface area contributed by atoms with Gasteiger partial charge in [0.05, 0.1) is 18.0 Å². The van der Waals surface area contributed by atoms with Crippen molar-refractivity contribution in [1.29, 1.82) is 0 Å². The maximum Gasteiger partial charge on any atom is 0.120 e. The minimum atomic E-state index is 0.536. The molecule has 5 heteroatoms. The summed E-state index contributed by atoms with van der Waals surface area (Å²) >= 11 is 0. The van der Waals surface area contributed by atoms with E-state index in [0.717, 1.165) is 34.0 Å². The number of aromatic nitrogens is 2. The lowest BCUT2D eigenvalue weighted by molar-refractivity contribution is 0.110. The zero-order chi connectivity index (χ0) is 16.8. The predicted molar refractivity (Wildman–Crippen MR) is 95.9 cm³/mol. The number of nitrogen functional groups attached to an aromatic ring is 1. The topological polar surface area (TPSA) is 73.2 Å². The van der Waals surface area contributed by atoms with E-state index in [1.807, 2.05) is 61.5 Å². The van der Waals surface area contributed by atoms with Gasteiger partial charge in [0, 0.05) is 17.9 Å². The van der Waals surface area contributed by atoms with Crippen molar-refractivity contribution in [2.24, 2.45) is 0 Å². The first-order valence-electron chi connectivity index (χ1n) is 7.98. The lowest BCUT2D eigenvalue weighted by Gasteiger charge is -2.07. The Morgan fingerprint density at radius 1 is 1.00 bits per heavy atom. The molecule has 0 radical (unpaired) electrons. The first kappa shape index (κ1) is 16.1. The molecule has 0 amide bonds. The molecule has 0 aliphatic rings. The highest BCUT2D eigenvalue weighted by Gasteiger charge is 2.07. The molecular formula is C19H21N3O2. The van der Waals surface area contributed by atoms with Crippen LogP contribution in [0.1, 0.15) is 6.92 Å². The fourth-order valence-electron chi connectivity index (χ4n) is 2.39. The van der Waals surface area contributed by atoms with Crippen LogP contribution in [0.4, 0.5) is 5.69 Å². The summed E-state index contributed by atoms with van der Waals surface area (Å²) in [5.74, 6) is 0.809. The van der Waals surface area contributed by atoms with E-state index in [-0.39, 0.29) is 0 Å². The van der Waals surface area contributed by atoms with E-state index < -0.39 is 0 Å². The maximum atomic E-state index is 5.73. The summed E-state index contributed by atoms with van der Waals surface area (Å²) in [5.41, 5.74) is 10.3. The molecule has 2 aromatic carbocycles. The molecule has 124 valence electrons. The molecule has 1 aromatic heterocycles. The summed E-state index contributed by atoms with van der Waals surface area (Å²) < 4.78 is 11.0. The van der Waals surface area contributed by atoms with Crippen molar-refractivity contribution < 1.29 is 9.47 Å². The highest BCUT2D eigenvalue weighted by molar-refractivity contribution is 5.69. The number of nitrogens with two attached hydrogens (primary N) is 1. The molecule has 0 saturated heterocycles. The second kappa shape index (κ2) is 7.66. The Hall–Kier alpha value is -2.79. The number of nitrogens with one attached hydrogen (secondary N) is 1. The first-order valence-corrected chi connectivity index (χ1v) is 7.98. The van der Waals surface area contributed by atoms with Gasteiger partial charge in [0.15, 0.2) is 0 Å². The van der Waals surface area contributed by atoms with Crippen LogP contribution in [0.2, 0.25) is 0 Å². The molecule has 0 fully saturated rings. The number of anilines is 1. The highest BCUT2D eigenvalue weighted by atomic mass is 16.5. The summed E-state index contributed by atoms with van der Waals surface area (Å²) in [6.45, 7) is 3.79. The molecule has 0 aliphatic carbocycles. The van der Waals surface area contributed by atoms with E-state index in [2.05, 4.69) is 10.2 Å². The minimum absolute atomic E-state index is 0.536. The largest absolute Gasteiger partial charge is 0.491 e. The number of H-pyrrole nitrogens is 1. The average molecular weight is 323 g/mol. The smallest absolute Gasteiger partial charge is 0.120 e. The third-order valence-corrected chi connectivity index (χ3v) is 3.63. The highest BCUT2D eigenvalue weighted by Crippen LogP contribution is 2.26. The molecule has 0 aliphatic heterocycles. The lowest BCUT2D eigenvalue weighted by atomic mass is 10.1. The molecule has 0 bridgehead atoms. The molecule has 3 N–H and O–H groups in total. The minimum Gasteiger partial charge on any atom is -0.491 e. The van der Waals surface area contributed by atoms with Gasteiger partial charge in [-0.05, 0) is 42.8 Å². The monoisotopic (exact) mass is 323 g/mol. The van der Waals surface area contributed by atoms with E-state index in [1.54, 1.807) is 0 Å². The second-order valence-corrected chi connectivity index (χ2v) is 5.36. The van der Waals surface area contributed by atoms with E-state index in [0.29, 0.717) is 19.8 Å². The van der Waals surface area contributed by atoms with E-state index in [4.69, 9.17) is 15.2 Å². The average Bonchev–Trinajstić information content (AvgIpc) is 3.10. The van der Waals surface area contributed by atoms with Gasteiger partial charge in [-0.1, -0.05) is 24.3 Å². The van der Waals surface area contributed by atoms with Gasteiger partial charge in [-0.15, -0.1) is 0 Å². The standard InChI is InChI=1S/C19H21N3O2/c1-2-23-10-11-24-17-5-3-4-15(12-17)19-13-18(21-22-19)14-6-8-16(20)9-7-14/h3-9,12-13H,2,10-11,20H2,1H3,(H,21,22). The number of benzene rings is 2. The summed E-state index contributed by atoms with van der Waals surface area (Å²) in [4.78, 5) is 0. The van der Waals surface area contributed by atoms with E-state index >= 15 is 0 Å². The lowest BCUT2D eigenvalue weighted by Crippen LogP contribution is -2.06. The number of hydrogen-bond donors (Lipinski definition) is 2. The Balaban J connectivity index is 1.74. The third-order valence-electron chi connectivity index (χ3n) is 3.63. The Bertz CT molecular complexity index is 781. The fourth-order valence-corrected chi connectivity index (χ4v) is 2.39. The van der Waals surface area contributed by atoms with Crippen molar-refractivity contribution in [3.8, 4) is 28.3 Å². The summed E-state index contributed by atoms with van der Waals surface area (Å²) in [6, 6.07) is 17.6. The van der Waals surface area contributed by atoms with Gasteiger partial charge in [0.25, 0.3) is 0 Å². The van der Waals surface area contributed by atoms with Crippen LogP contribution in [0, 0.1) is 0 Å². The summed E-state index contributed by atoms with van der Waals surface area (Å²) in [7, 11) is 0. The quantitative estimate of drug-likeness (QED) is 0.513. The zero-order valence-corrected chi connectivity index (χ0v) is 13.7. The molecule has 3 rings (SSSR count). The molecule has 3 aromatic rings. The molecule has 0 unspecified atom stereocenters. The number of hydrogen-bond acceptors (Lipinski definition) is 4. The van der Waals surface area contributed by atoms with Crippen molar-refractivity contribution >= 4 is 5.69 Å². The molecule has 1 heterocycles. The van der Waals surface area contributed by atoms with Crippen molar-refractivity contribution in [3.05, 3.63) is 54.6 Å². The van der Waals surface area contributed by atoms with Crippen LogP contribution < -0.4 is 10.5 Å². The van der Waals surface area contributed by atoms with Crippen LogP contribution in [0.3, 0.4) is 0 Å². The van der Waals surface area contributed by atoms with Crippen LogP contribution in [-0.2, 0) is 4.74 Å². The Morgan fingerprint density at radius 2 is 1.83 bits per heavy atom. The van der Waals surface area contributed by atoms with Crippen molar-refractivity contribution in [2.45, 2.75) is 6.92 Å². The van der Waals surface area contributed by atoms with Gasteiger partial charge in [-0.3, -0.25) is 5.10 Å². The molecule has 0 saturated carbocycles. The summed E-state index contributed by atoms with van der Waals surface area (Å²) in [6.07, 6.45) is 0. The molecule has 0 atom stereocenters. The van der Waals surface area contributed by atoms with Crippen molar-refractivity contribution in [2.75, 3.05) is 25.6 Å². The van der Waals surface area contributed by atoms with Crippen LogP contribution >= 0.6 is 0 Å². The SMILES string of the molecule is CCOCCOc1cccc(-c2cc(-c3ccc(N)cc3)[nH]n2)c1. The van der Waals surface area contributed by atoms with Gasteiger partial charge < -0.3 is 15.2 Å². The van der Waals surface area contributed by atoms with E-state index in [9.17, 15) is 0 Å². The van der Waals surface area contributed by atoms with Crippen LogP contribution in [0.5, 0.6) is 5.75 Å². The first-order chi connectivity index (χ1) is 11.8. The molecule has 24 heavy (non-hydrogen) atoms. The van der Waals surface area contributed by atoms with Gasteiger partial charge in [0.2, 0.25) is 0 Å². The van der Waals surface area contributed by atoms with Crippen molar-refractivity contribution in [1.82, 2.24) is 10.2 Å². The predicted octanol–water partition coefficient (Wildman–Crippen LogP) is 3.74. The number of nitrogens with zero attached hydrogens (tertiary/aromatic N) is 1. The van der Waals surface area contributed by atoms with Crippen LogP contribution in [0.15, 0.2) is 54.6 Å². The Morgan fingerprint density at radius 3 is 2.62 bits per heavy atom. The Labute approximate surface area is 141 Å². The molecule has 0 spiro atoms. The zero-order valence-electron chi connectivity index (χ0n) is 13.7. The number of rotatable bonds is 7. The van der Waals surface area contributed by atoms with Gasteiger partial charge in [-0.25, -0.2) is 0 Å². The second-order valence-electron chi connectivity index (χ2n) is 5.36. The van der Waals surface area contributed by atoms with Crippen LogP contribution in [-0.4, -0.2) is 30.0 Å². The van der Waals surface area contributed by atoms with Gasteiger partial charge in [0.1, 0.15) is 12.4 Å². The number of ether oxygens (including phenoxy) is 2. The third kappa shape index (κ3) is 3.94. The van der Waals surface area contributed by atoms with Gasteiger partial charge in [-0.2, -0.15) is 5.10 Å².